The van der Waals surface area contributed by atoms with Crippen LogP contribution < -0.4 is 17.4 Å². The normalized spacial score (nSPS) is 9.74. The van der Waals surface area contributed by atoms with E-state index in [2.05, 4.69) is 53.4 Å². The molecule has 0 fully saturated rings. The summed E-state index contributed by atoms with van der Waals surface area (Å²) in [5, 5.41) is 0. The molecule has 0 radical (unpaired) electrons. The van der Waals surface area contributed by atoms with Gasteiger partial charge in [-0.1, -0.05) is 0 Å². The molecule has 0 saturated carbocycles. The third-order valence-electron chi connectivity index (χ3n) is 5.25. The molecule has 0 aliphatic heterocycles. The molecule has 0 spiro atoms. The maximum Gasteiger partial charge on any atom is -0.255 e. The molecule has 12 nitrogen and oxygen atoms in total. The topological polar surface area (TPSA) is 225 Å². The van der Waals surface area contributed by atoms with Gasteiger partial charge in [-0.25, -0.2) is 0 Å². The van der Waals surface area contributed by atoms with Crippen LogP contribution in [-0.4, -0.2) is 12.7 Å². The van der Waals surface area contributed by atoms with E-state index < -0.39 is 12.7 Å². The van der Waals surface area contributed by atoms with Crippen molar-refractivity contribution in [3.8, 4) is 0 Å². The maximum atomic E-state index is 9.92. The van der Waals surface area contributed by atoms with E-state index in [1.54, 1.807) is 0 Å². The van der Waals surface area contributed by atoms with Gasteiger partial charge in [-0.05, 0) is 0 Å². The van der Waals surface area contributed by atoms with Crippen molar-refractivity contribution >= 4 is 30.1 Å². The van der Waals surface area contributed by atoms with Gasteiger partial charge in [-0.15, -0.1) is 0 Å². The maximum absolute atomic E-state index is 9.92. The third kappa shape index (κ3) is 7.01. The molecule has 4 rings (SSSR count). The number of azide groups is 1. The fourth-order valence-corrected chi connectivity index (χ4v) is 15.3. The molecule has 0 atom stereocenters. The second-order valence-electron chi connectivity index (χ2n) is 6.86. The molecule has 0 N–H and O–H groups in total. The van der Waals surface area contributed by atoms with Crippen molar-refractivity contribution in [2.45, 2.75) is 0 Å². The summed E-state index contributed by atoms with van der Waals surface area (Å²) in [6, 6.07) is 41.0. The Labute approximate surface area is 235 Å². The number of hydrogen-bond acceptors (Lipinski definition) is 1. The number of benzene rings is 4. The van der Waals surface area contributed by atoms with E-state index in [0.29, 0.717) is 0 Å². The zero-order valence-electron chi connectivity index (χ0n) is 19.7. The summed E-state index contributed by atoms with van der Waals surface area (Å²) in [4.78, 5) is 7.99. The molecule has 0 aliphatic carbocycles. The fraction of sp³-hybridized carbons (Fsp3) is 0. The Morgan fingerprint density at radius 3 is 0.737 bits per heavy atom. The SMILES string of the molecule is [Au+3].[N-]=[N+]=N[As](c1ccccc1)(c1ccccc1)(c1ccccc1)c1ccccc1.[N-]=[N+]=[N-].[N-]=[N+]=[N-].[N-]=[N+]=[N-]. The Hall–Kier alpha value is -4.58. The van der Waals surface area contributed by atoms with Gasteiger partial charge in [0, 0.05) is 0 Å². The van der Waals surface area contributed by atoms with Crippen LogP contribution in [0.4, 0.5) is 0 Å². The van der Waals surface area contributed by atoms with Gasteiger partial charge in [0.1, 0.15) is 0 Å². The monoisotopic (exact) mass is 748 g/mol. The summed E-state index contributed by atoms with van der Waals surface area (Å²) in [5.41, 5.74) is 50.4. The average Bonchev–Trinajstić information content (AvgIpc) is 2.95. The van der Waals surface area contributed by atoms with Crippen molar-refractivity contribution in [2.75, 3.05) is 0 Å². The molecule has 0 unspecified atom stereocenters. The summed E-state index contributed by atoms with van der Waals surface area (Å²) in [6.07, 6.45) is 0. The van der Waals surface area contributed by atoms with Crippen LogP contribution in [0.5, 0.6) is 0 Å². The van der Waals surface area contributed by atoms with E-state index in [1.165, 1.54) is 14.7 Å². The quantitative estimate of drug-likeness (QED) is 0.0932. The molecule has 0 aromatic heterocycles. The molecule has 0 heterocycles. The number of nitrogens with zero attached hydrogens (tertiary/aromatic N) is 12. The van der Waals surface area contributed by atoms with Crippen molar-refractivity contribution in [3.05, 3.63) is 180 Å². The van der Waals surface area contributed by atoms with Crippen LogP contribution in [0, 0.1) is 0 Å². The number of rotatable bonds is 5. The Morgan fingerprint density at radius 1 is 0.395 bits per heavy atom. The van der Waals surface area contributed by atoms with Gasteiger partial charge in [-0.3, -0.25) is 14.7 Å². The summed E-state index contributed by atoms with van der Waals surface area (Å²) in [7, 11) is 0. The van der Waals surface area contributed by atoms with Crippen molar-refractivity contribution < 1.29 is 22.4 Å². The summed E-state index contributed by atoms with van der Waals surface area (Å²) >= 11 is -4.44. The summed E-state index contributed by atoms with van der Waals surface area (Å²) in [6.45, 7) is 0. The average molecular weight is 748 g/mol. The van der Waals surface area contributed by atoms with Gasteiger partial charge in [0.25, 0.3) is 0 Å². The standard InChI is InChI=1S/C24H20AsN3.Au.3N3/c26-28-27-25(21-13-5-1-6-14-21,22-15-7-2-8-16-22,23-17-9-3-10-18-23)24-19-11-4-12-20-24;;3*1-3-2/h1-20H;;;;/q;+3;3*-1. The Balaban J connectivity index is 0.00000121. The largest absolute Gasteiger partial charge is 0.373 e. The summed E-state index contributed by atoms with van der Waals surface area (Å²) < 4.78 is 9.11. The van der Waals surface area contributed by atoms with Gasteiger partial charge in [0.2, 0.25) is 0 Å². The van der Waals surface area contributed by atoms with E-state index in [0.717, 1.165) is 17.4 Å². The minimum absolute atomic E-state index is 0. The van der Waals surface area contributed by atoms with Crippen molar-refractivity contribution in [2.24, 2.45) is 4.03 Å². The predicted molar refractivity (Wildman–Crippen MR) is 149 cm³/mol. The van der Waals surface area contributed by atoms with Crippen LogP contribution in [0.1, 0.15) is 0 Å². The second kappa shape index (κ2) is 17.8. The van der Waals surface area contributed by atoms with Gasteiger partial charge >= 0.3 is 188 Å². The van der Waals surface area contributed by atoms with Crippen molar-refractivity contribution in [1.29, 1.82) is 0 Å². The summed E-state index contributed by atoms with van der Waals surface area (Å²) in [5.74, 6) is 0. The van der Waals surface area contributed by atoms with E-state index in [-0.39, 0.29) is 22.4 Å². The molecule has 0 aliphatic rings. The molecule has 38 heavy (non-hydrogen) atoms. The molecule has 192 valence electrons. The second-order valence-corrected chi connectivity index (χ2v) is 16.1. The molecule has 0 bridgehead atoms. The molecular weight excluding hydrogens is 728 g/mol. The van der Waals surface area contributed by atoms with Crippen LogP contribution in [0.3, 0.4) is 0 Å². The fourth-order valence-electron chi connectivity index (χ4n) is 4.05. The first-order valence-electron chi connectivity index (χ1n) is 10.3. The van der Waals surface area contributed by atoms with Gasteiger partial charge < -0.3 is 33.2 Å². The zero-order chi connectivity index (χ0) is 27.4. The molecular formula is C24H20AsAuN12. The van der Waals surface area contributed by atoms with Crippen LogP contribution in [0.2, 0.25) is 0 Å². The van der Waals surface area contributed by atoms with Crippen LogP contribution in [0.25, 0.3) is 58.4 Å². The Morgan fingerprint density at radius 2 is 0.579 bits per heavy atom. The van der Waals surface area contributed by atoms with Crippen molar-refractivity contribution in [1.82, 2.24) is 0 Å². The smallest absolute Gasteiger partial charge is 0.255 e. The van der Waals surface area contributed by atoms with E-state index in [4.69, 9.17) is 37.2 Å². The minimum Gasteiger partial charge on any atom is -0.373 e. The van der Waals surface area contributed by atoms with Crippen LogP contribution in [-0.2, 0) is 22.4 Å². The van der Waals surface area contributed by atoms with E-state index in [1.807, 2.05) is 72.8 Å². The Bertz CT molecular complexity index is 1200. The molecule has 0 amide bonds. The molecule has 0 saturated heterocycles. The Kier molecular flexibility index (Phi) is 15.6. The van der Waals surface area contributed by atoms with Gasteiger partial charge in [0.05, 0.1) is 0 Å². The number of hydrogen-bond donors (Lipinski definition) is 0. The third-order valence-corrected chi connectivity index (χ3v) is 17.1. The molecule has 14 heteroatoms. The minimum atomic E-state index is -4.44. The van der Waals surface area contributed by atoms with Gasteiger partial charge in [0.15, 0.2) is 0 Å². The van der Waals surface area contributed by atoms with Gasteiger partial charge in [-0.2, -0.15) is 0 Å². The van der Waals surface area contributed by atoms with Crippen LogP contribution in [0.15, 0.2) is 125 Å². The van der Waals surface area contributed by atoms with E-state index in [9.17, 15) is 5.53 Å². The van der Waals surface area contributed by atoms with E-state index >= 15 is 0 Å². The van der Waals surface area contributed by atoms with Crippen LogP contribution >= 0.6 is 0 Å². The zero-order valence-corrected chi connectivity index (χ0v) is 23.7. The molecule has 4 aromatic rings. The molecule has 4 aromatic carbocycles. The first-order chi connectivity index (χ1) is 18.1. The predicted octanol–water partition coefficient (Wildman–Crippen LogP) is 6.42. The first-order valence-corrected chi connectivity index (χ1v) is 14.9. The first kappa shape index (κ1) is 33.4. The van der Waals surface area contributed by atoms with Crippen molar-refractivity contribution in [3.63, 3.8) is 0 Å².